The van der Waals surface area contributed by atoms with Crippen LogP contribution in [0.2, 0.25) is 0 Å². The van der Waals surface area contributed by atoms with Crippen LogP contribution in [-0.2, 0) is 9.53 Å². The normalized spacial score (nSPS) is 28.4. The van der Waals surface area contributed by atoms with Gasteiger partial charge in [-0.25, -0.2) is 0 Å². The van der Waals surface area contributed by atoms with Crippen molar-refractivity contribution in [3.05, 3.63) is 47.4 Å². The number of H-pyrrole nitrogens is 1. The maximum Gasteiger partial charge on any atom is 0.164 e. The van der Waals surface area contributed by atoms with Gasteiger partial charge in [0.25, 0.3) is 0 Å². The number of Topliss-reactive ketones (excluding diaryl/α,β-unsaturated/α-hetero) is 1. The Hall–Kier alpha value is -2.58. The van der Waals surface area contributed by atoms with Crippen LogP contribution in [-0.4, -0.2) is 17.0 Å². The highest BCUT2D eigenvalue weighted by Gasteiger charge is 2.47. The van der Waals surface area contributed by atoms with Crippen molar-refractivity contribution >= 4 is 16.7 Å². The minimum absolute atomic E-state index is 0.0636. The highest BCUT2D eigenvalue weighted by atomic mass is 16.5. The Labute approximate surface area is 146 Å². The Bertz CT molecular complexity index is 932. The van der Waals surface area contributed by atoms with Gasteiger partial charge in [-0.3, -0.25) is 10.5 Å². The summed E-state index contributed by atoms with van der Waals surface area (Å²) in [6.07, 6.45) is 2.29. The smallest absolute Gasteiger partial charge is 0.164 e. The van der Waals surface area contributed by atoms with Gasteiger partial charge in [-0.1, -0.05) is 32.0 Å². The molecule has 3 atom stereocenters. The van der Waals surface area contributed by atoms with E-state index in [4.69, 9.17) is 10.5 Å². The molecule has 0 saturated carbocycles. The molecule has 1 aromatic heterocycles. The maximum atomic E-state index is 13.0. The summed E-state index contributed by atoms with van der Waals surface area (Å²) in [6, 6.07) is 10.2. The van der Waals surface area contributed by atoms with E-state index >= 15 is 0 Å². The predicted molar refractivity (Wildman–Crippen MR) is 94.3 cm³/mol. The summed E-state index contributed by atoms with van der Waals surface area (Å²) in [5.74, 6) is -0.226. The molecule has 0 spiro atoms. The summed E-state index contributed by atoms with van der Waals surface area (Å²) < 4.78 is 5.84. The fourth-order valence-electron chi connectivity index (χ4n) is 4.18. The standard InChI is InChI=1S/C20H21N3O2/c1-20(2)7-15(24)18-16(8-20)25-19(22)12(9-21)17(18)13-10-23-14-6-4-3-5-11(13)14/h3-6,10,12,17,19,23H,7-8,22H2,1-2H3/t12-,17-,19-/m0/s1. The number of allylic oxidation sites excluding steroid dienone is 2. The lowest BCUT2D eigenvalue weighted by molar-refractivity contribution is -0.120. The first kappa shape index (κ1) is 15.9. The summed E-state index contributed by atoms with van der Waals surface area (Å²) in [5, 5.41) is 10.7. The molecule has 0 amide bonds. The molecule has 0 radical (unpaired) electrons. The van der Waals surface area contributed by atoms with Crippen LogP contribution < -0.4 is 5.73 Å². The lowest BCUT2D eigenvalue weighted by Crippen LogP contribution is -2.44. The van der Waals surface area contributed by atoms with Gasteiger partial charge < -0.3 is 9.72 Å². The SMILES string of the molecule is CC1(C)CC(=O)C2=C(C1)O[C@H](N)[C@@H](C#N)[C@H]2c1c[nH]c2ccccc12. The molecule has 1 aromatic carbocycles. The number of nitrogens with one attached hydrogen (secondary N) is 1. The second-order valence-electron chi connectivity index (χ2n) is 7.78. The van der Waals surface area contributed by atoms with Crippen LogP contribution in [0.5, 0.6) is 0 Å². The van der Waals surface area contributed by atoms with Crippen LogP contribution in [0.25, 0.3) is 10.9 Å². The first-order valence-electron chi connectivity index (χ1n) is 8.55. The number of aromatic nitrogens is 1. The van der Waals surface area contributed by atoms with E-state index in [0.29, 0.717) is 24.2 Å². The summed E-state index contributed by atoms with van der Waals surface area (Å²) in [7, 11) is 0. The Morgan fingerprint density at radius 2 is 2.08 bits per heavy atom. The average Bonchev–Trinajstić information content (AvgIpc) is 2.96. The number of nitrogens with zero attached hydrogens (tertiary/aromatic N) is 1. The number of fused-ring (bicyclic) bond motifs is 1. The van der Waals surface area contributed by atoms with Gasteiger partial charge >= 0.3 is 0 Å². The molecular formula is C20H21N3O2. The highest BCUT2D eigenvalue weighted by molar-refractivity contribution is 6.00. The van der Waals surface area contributed by atoms with Crippen molar-refractivity contribution in [1.29, 1.82) is 5.26 Å². The van der Waals surface area contributed by atoms with Crippen molar-refractivity contribution in [2.24, 2.45) is 17.1 Å². The first-order valence-corrected chi connectivity index (χ1v) is 8.55. The van der Waals surface area contributed by atoms with E-state index in [1.807, 2.05) is 30.5 Å². The van der Waals surface area contributed by atoms with E-state index in [9.17, 15) is 10.1 Å². The van der Waals surface area contributed by atoms with Crippen molar-refractivity contribution < 1.29 is 9.53 Å². The van der Waals surface area contributed by atoms with E-state index in [1.165, 1.54) is 0 Å². The molecule has 5 heteroatoms. The van der Waals surface area contributed by atoms with Gasteiger partial charge in [-0.2, -0.15) is 5.26 Å². The highest BCUT2D eigenvalue weighted by Crippen LogP contribution is 2.49. The van der Waals surface area contributed by atoms with E-state index in [1.54, 1.807) is 0 Å². The third kappa shape index (κ3) is 2.45. The summed E-state index contributed by atoms with van der Waals surface area (Å²) in [6.45, 7) is 4.11. The Balaban J connectivity index is 1.93. The second kappa shape index (κ2) is 5.47. The topological polar surface area (TPSA) is 91.9 Å². The van der Waals surface area contributed by atoms with Crippen LogP contribution in [0.1, 0.15) is 38.2 Å². The average molecular weight is 335 g/mol. The zero-order valence-electron chi connectivity index (χ0n) is 14.4. The first-order chi connectivity index (χ1) is 11.9. The number of ether oxygens (including phenoxy) is 1. The molecule has 4 rings (SSSR count). The molecule has 5 nitrogen and oxygen atoms in total. The maximum absolute atomic E-state index is 13.0. The lowest BCUT2D eigenvalue weighted by Gasteiger charge is -2.41. The van der Waals surface area contributed by atoms with Gasteiger partial charge in [0.2, 0.25) is 0 Å². The third-order valence-electron chi connectivity index (χ3n) is 5.29. The number of carbonyl (C=O) groups is 1. The van der Waals surface area contributed by atoms with E-state index in [2.05, 4.69) is 24.9 Å². The minimum atomic E-state index is -0.732. The number of ketones is 1. The molecular weight excluding hydrogens is 314 g/mol. The molecule has 2 aliphatic rings. The number of rotatable bonds is 1. The van der Waals surface area contributed by atoms with Gasteiger partial charge in [0.05, 0.1) is 6.07 Å². The molecule has 128 valence electrons. The molecule has 3 N–H and O–H groups in total. The Morgan fingerprint density at radius 1 is 1.32 bits per heavy atom. The molecule has 0 fully saturated rings. The van der Waals surface area contributed by atoms with Crippen molar-refractivity contribution in [3.8, 4) is 6.07 Å². The molecule has 0 unspecified atom stereocenters. The van der Waals surface area contributed by atoms with Crippen LogP contribution in [0.15, 0.2) is 41.8 Å². The molecule has 0 bridgehead atoms. The van der Waals surface area contributed by atoms with Crippen LogP contribution in [0.3, 0.4) is 0 Å². The minimum Gasteiger partial charge on any atom is -0.478 e. The van der Waals surface area contributed by atoms with E-state index in [-0.39, 0.29) is 17.1 Å². The number of hydrogen-bond acceptors (Lipinski definition) is 4. The second-order valence-corrected chi connectivity index (χ2v) is 7.78. The Morgan fingerprint density at radius 3 is 2.84 bits per heavy atom. The van der Waals surface area contributed by atoms with Gasteiger partial charge in [-0.05, 0) is 17.0 Å². The number of nitriles is 1. The van der Waals surface area contributed by atoms with Crippen LogP contribution in [0, 0.1) is 22.7 Å². The summed E-state index contributed by atoms with van der Waals surface area (Å²) in [4.78, 5) is 16.2. The largest absolute Gasteiger partial charge is 0.478 e. The van der Waals surface area contributed by atoms with Gasteiger partial charge in [-0.15, -0.1) is 0 Å². The van der Waals surface area contributed by atoms with Crippen molar-refractivity contribution in [2.75, 3.05) is 0 Å². The lowest BCUT2D eigenvalue weighted by atomic mass is 9.68. The number of para-hydroxylation sites is 1. The van der Waals surface area contributed by atoms with Crippen LogP contribution in [0.4, 0.5) is 0 Å². The van der Waals surface area contributed by atoms with Gasteiger partial charge in [0, 0.05) is 41.4 Å². The number of benzene rings is 1. The fraction of sp³-hybridized carbons (Fsp3) is 0.400. The quantitative estimate of drug-likeness (QED) is 0.836. The number of carbonyl (C=O) groups excluding carboxylic acids is 1. The number of aromatic amines is 1. The molecule has 1 aliphatic heterocycles. The zero-order chi connectivity index (χ0) is 17.8. The van der Waals surface area contributed by atoms with Crippen molar-refractivity contribution in [1.82, 2.24) is 4.98 Å². The van der Waals surface area contributed by atoms with Gasteiger partial charge in [0.15, 0.2) is 12.0 Å². The fourth-order valence-corrected chi connectivity index (χ4v) is 4.18. The predicted octanol–water partition coefficient (Wildman–Crippen LogP) is 3.35. The number of nitrogens with two attached hydrogens (primary N) is 1. The molecule has 2 aromatic rings. The van der Waals surface area contributed by atoms with Gasteiger partial charge in [0.1, 0.15) is 11.7 Å². The molecule has 25 heavy (non-hydrogen) atoms. The summed E-state index contributed by atoms with van der Waals surface area (Å²) >= 11 is 0. The van der Waals surface area contributed by atoms with E-state index in [0.717, 1.165) is 16.5 Å². The molecule has 1 aliphatic carbocycles. The molecule has 2 heterocycles. The van der Waals surface area contributed by atoms with E-state index < -0.39 is 12.1 Å². The monoisotopic (exact) mass is 335 g/mol. The van der Waals surface area contributed by atoms with Crippen molar-refractivity contribution in [3.63, 3.8) is 0 Å². The zero-order valence-corrected chi connectivity index (χ0v) is 14.4. The molecule has 0 saturated heterocycles. The van der Waals surface area contributed by atoms with Crippen LogP contribution >= 0.6 is 0 Å². The van der Waals surface area contributed by atoms with Crippen molar-refractivity contribution in [2.45, 2.75) is 38.8 Å². The summed E-state index contributed by atoms with van der Waals surface area (Å²) in [5.41, 5.74) is 8.59. The third-order valence-corrected chi connectivity index (χ3v) is 5.29. The Kier molecular flexibility index (Phi) is 3.48. The number of hydrogen-bond donors (Lipinski definition) is 2.